The molecule has 0 aliphatic carbocycles. The predicted octanol–water partition coefficient (Wildman–Crippen LogP) is 3.05. The molecule has 0 fully saturated rings. The van der Waals surface area contributed by atoms with E-state index in [2.05, 4.69) is 0 Å². The number of benzene rings is 1. The van der Waals surface area contributed by atoms with Gasteiger partial charge in [0.15, 0.2) is 0 Å². The maximum Gasteiger partial charge on any atom is 0.340 e. The Hall–Kier alpha value is -1.42. The molecular formula is C10H7FO2S. The van der Waals surface area contributed by atoms with Gasteiger partial charge in [0, 0.05) is 0 Å². The van der Waals surface area contributed by atoms with Gasteiger partial charge >= 0.3 is 5.97 Å². The van der Waals surface area contributed by atoms with Gasteiger partial charge in [0.2, 0.25) is 0 Å². The lowest BCUT2D eigenvalue weighted by atomic mass is 10.1. The quantitative estimate of drug-likeness (QED) is 0.785. The molecule has 0 saturated heterocycles. The van der Waals surface area contributed by atoms with Crippen molar-refractivity contribution in [1.29, 1.82) is 0 Å². The number of rotatable bonds is 1. The van der Waals surface area contributed by atoms with E-state index in [1.165, 1.54) is 17.4 Å². The highest BCUT2D eigenvalue weighted by Crippen LogP contribution is 2.30. The summed E-state index contributed by atoms with van der Waals surface area (Å²) < 4.78 is 13.7. The summed E-state index contributed by atoms with van der Waals surface area (Å²) in [6.07, 6.45) is 0. The minimum Gasteiger partial charge on any atom is -0.478 e. The molecule has 1 aromatic heterocycles. The summed E-state index contributed by atoms with van der Waals surface area (Å²) in [6.45, 7) is 1.88. The van der Waals surface area contributed by atoms with Crippen LogP contribution in [0.1, 0.15) is 15.9 Å². The van der Waals surface area contributed by atoms with Crippen molar-refractivity contribution in [3.05, 3.63) is 34.5 Å². The highest BCUT2D eigenvalue weighted by molar-refractivity contribution is 7.17. The number of hydrogen-bond donors (Lipinski definition) is 1. The molecule has 1 N–H and O–H groups in total. The SMILES string of the molecule is Cc1csc2c(C(=O)O)c(F)ccc12. The minimum absolute atomic E-state index is 0.222. The molecule has 2 aromatic rings. The first kappa shape index (κ1) is 9.15. The van der Waals surface area contributed by atoms with Gasteiger partial charge in [-0.2, -0.15) is 0 Å². The number of carbonyl (C=O) groups is 1. The molecule has 1 heterocycles. The Morgan fingerprint density at radius 3 is 2.86 bits per heavy atom. The molecule has 0 aliphatic rings. The van der Waals surface area contributed by atoms with Gasteiger partial charge in [-0.3, -0.25) is 0 Å². The van der Waals surface area contributed by atoms with Crippen LogP contribution >= 0.6 is 11.3 Å². The maximum atomic E-state index is 13.2. The first-order chi connectivity index (χ1) is 6.61. The van der Waals surface area contributed by atoms with Gasteiger partial charge in [-0.25, -0.2) is 9.18 Å². The summed E-state index contributed by atoms with van der Waals surface area (Å²) >= 11 is 1.26. The van der Waals surface area contributed by atoms with Crippen LogP contribution < -0.4 is 0 Å². The van der Waals surface area contributed by atoms with Gasteiger partial charge in [-0.05, 0) is 29.3 Å². The fraction of sp³-hybridized carbons (Fsp3) is 0.100. The van der Waals surface area contributed by atoms with E-state index in [1.807, 2.05) is 12.3 Å². The number of halogens is 1. The Kier molecular flexibility index (Phi) is 2.00. The topological polar surface area (TPSA) is 37.3 Å². The lowest BCUT2D eigenvalue weighted by molar-refractivity contribution is 0.0694. The lowest BCUT2D eigenvalue weighted by Gasteiger charge is -1.99. The molecule has 72 valence electrons. The maximum absolute atomic E-state index is 13.2. The van der Waals surface area contributed by atoms with E-state index < -0.39 is 11.8 Å². The van der Waals surface area contributed by atoms with Crippen LogP contribution in [0.4, 0.5) is 4.39 Å². The number of carboxylic acid groups (broad SMARTS) is 1. The van der Waals surface area contributed by atoms with Crippen LogP contribution in [0, 0.1) is 12.7 Å². The van der Waals surface area contributed by atoms with Crippen molar-refractivity contribution in [2.45, 2.75) is 6.92 Å². The molecule has 4 heteroatoms. The first-order valence-electron chi connectivity index (χ1n) is 4.01. The second-order valence-electron chi connectivity index (χ2n) is 3.02. The van der Waals surface area contributed by atoms with Gasteiger partial charge in [-0.1, -0.05) is 6.07 Å². The summed E-state index contributed by atoms with van der Waals surface area (Å²) in [5, 5.41) is 11.5. The third-order valence-electron chi connectivity index (χ3n) is 2.10. The number of hydrogen-bond acceptors (Lipinski definition) is 2. The van der Waals surface area contributed by atoms with Crippen molar-refractivity contribution in [3.8, 4) is 0 Å². The van der Waals surface area contributed by atoms with Crippen molar-refractivity contribution >= 4 is 27.4 Å². The Morgan fingerprint density at radius 2 is 2.21 bits per heavy atom. The summed E-state index contributed by atoms with van der Waals surface area (Å²) in [5.74, 6) is -1.89. The van der Waals surface area contributed by atoms with Gasteiger partial charge < -0.3 is 5.11 Å². The van der Waals surface area contributed by atoms with Crippen molar-refractivity contribution in [2.24, 2.45) is 0 Å². The average molecular weight is 210 g/mol. The van der Waals surface area contributed by atoms with E-state index >= 15 is 0 Å². The number of aromatic carboxylic acids is 1. The fourth-order valence-electron chi connectivity index (χ4n) is 1.40. The number of fused-ring (bicyclic) bond motifs is 1. The van der Waals surface area contributed by atoms with E-state index in [1.54, 1.807) is 6.07 Å². The summed E-state index contributed by atoms with van der Waals surface area (Å²) in [5.41, 5.74) is 0.758. The zero-order valence-electron chi connectivity index (χ0n) is 7.37. The van der Waals surface area contributed by atoms with Crippen molar-refractivity contribution in [3.63, 3.8) is 0 Å². The van der Waals surface area contributed by atoms with Crippen molar-refractivity contribution in [1.82, 2.24) is 0 Å². The smallest absolute Gasteiger partial charge is 0.340 e. The van der Waals surface area contributed by atoms with Gasteiger partial charge in [0.1, 0.15) is 11.4 Å². The molecule has 0 bridgehead atoms. The second-order valence-corrected chi connectivity index (χ2v) is 3.90. The fourth-order valence-corrected chi connectivity index (χ4v) is 2.48. The Bertz CT molecular complexity index is 516. The highest BCUT2D eigenvalue weighted by atomic mass is 32.1. The Balaban J connectivity index is 2.90. The van der Waals surface area contributed by atoms with E-state index in [9.17, 15) is 9.18 Å². The van der Waals surface area contributed by atoms with E-state index in [0.717, 1.165) is 10.9 Å². The van der Waals surface area contributed by atoms with Gasteiger partial charge in [0.05, 0.1) is 4.70 Å². The molecule has 14 heavy (non-hydrogen) atoms. The molecule has 0 amide bonds. The molecule has 0 radical (unpaired) electrons. The van der Waals surface area contributed by atoms with Crippen molar-refractivity contribution < 1.29 is 14.3 Å². The van der Waals surface area contributed by atoms with Crippen molar-refractivity contribution in [2.75, 3.05) is 0 Å². The second kappa shape index (κ2) is 3.06. The average Bonchev–Trinajstić information content (AvgIpc) is 2.47. The highest BCUT2D eigenvalue weighted by Gasteiger charge is 2.16. The van der Waals surface area contributed by atoms with E-state index in [4.69, 9.17) is 5.11 Å². The summed E-state index contributed by atoms with van der Waals surface area (Å²) in [7, 11) is 0. The first-order valence-corrected chi connectivity index (χ1v) is 4.89. The third-order valence-corrected chi connectivity index (χ3v) is 3.23. The number of aryl methyl sites for hydroxylation is 1. The third kappa shape index (κ3) is 1.19. The number of carboxylic acids is 1. The van der Waals surface area contributed by atoms with Crippen LogP contribution in [0.15, 0.2) is 17.5 Å². The molecule has 0 spiro atoms. The molecule has 0 saturated carbocycles. The van der Waals surface area contributed by atoms with Crippen LogP contribution in [0.3, 0.4) is 0 Å². The normalized spacial score (nSPS) is 10.7. The monoisotopic (exact) mass is 210 g/mol. The van der Waals surface area contributed by atoms with Gasteiger partial charge in [0.25, 0.3) is 0 Å². The number of thiophene rings is 1. The van der Waals surface area contributed by atoms with Crippen LogP contribution in [-0.2, 0) is 0 Å². The summed E-state index contributed by atoms with van der Waals surface area (Å²) in [6, 6.07) is 2.81. The Morgan fingerprint density at radius 1 is 1.50 bits per heavy atom. The minimum atomic E-state index is -1.21. The largest absolute Gasteiger partial charge is 0.478 e. The molecule has 1 aromatic carbocycles. The van der Waals surface area contributed by atoms with E-state index in [-0.39, 0.29) is 5.56 Å². The molecule has 0 unspecified atom stereocenters. The molecule has 2 nitrogen and oxygen atoms in total. The zero-order chi connectivity index (χ0) is 10.3. The lowest BCUT2D eigenvalue weighted by Crippen LogP contribution is -2.00. The van der Waals surface area contributed by atoms with E-state index in [0.29, 0.717) is 4.70 Å². The standard InChI is InChI=1S/C10H7FO2S/c1-5-4-14-9-6(5)2-3-7(11)8(9)10(12)13/h2-4H,1H3,(H,12,13). The molecular weight excluding hydrogens is 203 g/mol. The van der Waals surface area contributed by atoms with Crippen LogP contribution in [-0.4, -0.2) is 11.1 Å². The van der Waals surface area contributed by atoms with Crippen LogP contribution in [0.2, 0.25) is 0 Å². The van der Waals surface area contributed by atoms with Gasteiger partial charge in [-0.15, -0.1) is 11.3 Å². The molecule has 0 aliphatic heterocycles. The molecule has 0 atom stereocenters. The summed E-state index contributed by atoms with van der Waals surface area (Å²) in [4.78, 5) is 10.8. The molecule has 2 rings (SSSR count). The van der Waals surface area contributed by atoms with Crippen LogP contribution in [0.5, 0.6) is 0 Å². The zero-order valence-corrected chi connectivity index (χ0v) is 8.19. The predicted molar refractivity (Wildman–Crippen MR) is 53.5 cm³/mol. The van der Waals surface area contributed by atoms with Crippen LogP contribution in [0.25, 0.3) is 10.1 Å². The Labute approximate surface area is 83.6 Å².